The number of hydrogen-bond acceptors (Lipinski definition) is 5. The van der Waals surface area contributed by atoms with E-state index < -0.39 is 5.60 Å². The summed E-state index contributed by atoms with van der Waals surface area (Å²) in [7, 11) is 0. The summed E-state index contributed by atoms with van der Waals surface area (Å²) in [5.41, 5.74) is 1.24. The molecule has 1 atom stereocenters. The van der Waals surface area contributed by atoms with E-state index >= 15 is 0 Å². The lowest BCUT2D eigenvalue weighted by atomic mass is 10.2. The molecule has 2 amide bonds. The number of hydrogen-bond donors (Lipinski definition) is 1. The molecule has 2 aliphatic rings. The second kappa shape index (κ2) is 6.89. The number of ether oxygens (including phenoxy) is 1. The molecule has 0 spiro atoms. The first-order valence-electron chi connectivity index (χ1n) is 10.1. The van der Waals surface area contributed by atoms with Crippen LogP contribution in [0.25, 0.3) is 5.65 Å². The normalized spacial score (nSPS) is 19.3. The molecule has 2 aliphatic heterocycles. The van der Waals surface area contributed by atoms with Gasteiger partial charge in [0.2, 0.25) is 0 Å². The monoisotopic (exact) mass is 401 g/mol. The van der Waals surface area contributed by atoms with E-state index in [0.29, 0.717) is 36.4 Å². The van der Waals surface area contributed by atoms with Gasteiger partial charge in [0.15, 0.2) is 0 Å². The minimum absolute atomic E-state index is 0.117. The molecule has 1 fully saturated rings. The zero-order valence-electron chi connectivity index (χ0n) is 17.3. The van der Waals surface area contributed by atoms with E-state index in [1.54, 1.807) is 15.9 Å². The lowest BCUT2D eigenvalue weighted by Gasteiger charge is -2.30. The summed E-state index contributed by atoms with van der Waals surface area (Å²) in [4.78, 5) is 44.7. The summed E-state index contributed by atoms with van der Waals surface area (Å²) in [6, 6.07) is 1.67. The van der Waals surface area contributed by atoms with Crippen molar-refractivity contribution in [3.63, 3.8) is 0 Å². The Balaban J connectivity index is 1.54. The Morgan fingerprint density at radius 2 is 2.10 bits per heavy atom. The number of likely N-dealkylation sites (tertiary alicyclic amines) is 1. The average molecular weight is 401 g/mol. The highest BCUT2D eigenvalue weighted by Crippen LogP contribution is 2.25. The predicted molar refractivity (Wildman–Crippen MR) is 106 cm³/mol. The van der Waals surface area contributed by atoms with Crippen molar-refractivity contribution in [1.29, 1.82) is 0 Å². The van der Waals surface area contributed by atoms with Crippen LogP contribution in [0, 0.1) is 0 Å². The molecule has 4 heterocycles. The van der Waals surface area contributed by atoms with Gasteiger partial charge in [-0.15, -0.1) is 0 Å². The highest BCUT2D eigenvalue weighted by atomic mass is 16.6. The van der Waals surface area contributed by atoms with Crippen LogP contribution in [-0.2, 0) is 17.7 Å². The van der Waals surface area contributed by atoms with Crippen molar-refractivity contribution < 1.29 is 14.3 Å². The van der Waals surface area contributed by atoms with Crippen LogP contribution in [0.1, 0.15) is 62.3 Å². The Kier molecular flexibility index (Phi) is 4.63. The molecule has 9 nitrogen and oxygen atoms in total. The number of carbonyl (C=O) groups excluding carboxylic acids is 2. The third-order valence-electron chi connectivity index (χ3n) is 5.41. The zero-order valence-corrected chi connectivity index (χ0v) is 17.3. The smallest absolute Gasteiger partial charge is 0.410 e. The van der Waals surface area contributed by atoms with Crippen LogP contribution >= 0.6 is 0 Å². The number of aryl methyl sites for hydroxylation is 1. The maximum Gasteiger partial charge on any atom is 0.410 e. The van der Waals surface area contributed by atoms with E-state index in [4.69, 9.17) is 4.74 Å². The molecular formula is C20H27N5O4. The Morgan fingerprint density at radius 3 is 2.79 bits per heavy atom. The number of fused-ring (bicyclic) bond motifs is 2. The van der Waals surface area contributed by atoms with Gasteiger partial charge in [-0.05, 0) is 40.0 Å². The summed E-state index contributed by atoms with van der Waals surface area (Å²) < 4.78 is 6.83. The molecular weight excluding hydrogens is 374 g/mol. The highest BCUT2D eigenvalue weighted by Gasteiger charge is 2.38. The minimum Gasteiger partial charge on any atom is -0.444 e. The van der Waals surface area contributed by atoms with Crippen LogP contribution in [0.2, 0.25) is 0 Å². The van der Waals surface area contributed by atoms with Crippen molar-refractivity contribution in [2.45, 2.75) is 65.1 Å². The predicted octanol–water partition coefficient (Wildman–Crippen LogP) is 1.94. The third-order valence-corrected chi connectivity index (χ3v) is 5.41. The van der Waals surface area contributed by atoms with Crippen LogP contribution in [0.5, 0.6) is 0 Å². The van der Waals surface area contributed by atoms with Crippen LogP contribution < -0.4 is 5.56 Å². The van der Waals surface area contributed by atoms with Crippen molar-refractivity contribution in [3.05, 3.63) is 33.4 Å². The molecule has 0 aliphatic carbocycles. The summed E-state index contributed by atoms with van der Waals surface area (Å²) in [5.74, 6) is -0.213. The van der Waals surface area contributed by atoms with Gasteiger partial charge in [0.05, 0.1) is 23.8 Å². The number of nitrogens with zero attached hydrogens (tertiary/aromatic N) is 4. The minimum atomic E-state index is -0.567. The number of nitrogens with one attached hydrogen (secondary N) is 1. The van der Waals surface area contributed by atoms with Gasteiger partial charge in [-0.3, -0.25) is 9.59 Å². The molecule has 0 unspecified atom stereocenters. The van der Waals surface area contributed by atoms with E-state index in [0.717, 1.165) is 18.5 Å². The summed E-state index contributed by atoms with van der Waals surface area (Å²) in [6.07, 6.45) is 2.02. The fourth-order valence-corrected chi connectivity index (χ4v) is 4.02. The van der Waals surface area contributed by atoms with E-state index in [1.165, 1.54) is 4.52 Å². The molecule has 1 saturated heterocycles. The maximum atomic E-state index is 13.0. The van der Waals surface area contributed by atoms with Gasteiger partial charge in [0, 0.05) is 19.2 Å². The number of aromatic amines is 1. The molecule has 156 valence electrons. The molecule has 29 heavy (non-hydrogen) atoms. The van der Waals surface area contributed by atoms with Crippen LogP contribution in [0.4, 0.5) is 4.79 Å². The SMILES string of the molecule is CCc1cc2[nH]c3c(c(=O)n2n1)CN(C[C@H]1CCCN1C(=O)OC(C)(C)C)C3=O. The van der Waals surface area contributed by atoms with Gasteiger partial charge in [-0.25, -0.2) is 4.79 Å². The van der Waals surface area contributed by atoms with Gasteiger partial charge in [-0.1, -0.05) is 6.92 Å². The molecule has 0 aromatic carbocycles. The van der Waals surface area contributed by atoms with Crippen LogP contribution in [-0.4, -0.2) is 61.1 Å². The number of amides is 2. The van der Waals surface area contributed by atoms with Gasteiger partial charge < -0.3 is 19.5 Å². The topological polar surface area (TPSA) is 100 Å². The Hall–Kier alpha value is -2.84. The van der Waals surface area contributed by atoms with Crippen LogP contribution in [0.15, 0.2) is 10.9 Å². The van der Waals surface area contributed by atoms with E-state index in [-0.39, 0.29) is 30.1 Å². The molecule has 9 heteroatoms. The Bertz CT molecular complexity index is 1030. The van der Waals surface area contributed by atoms with Gasteiger partial charge in [0.1, 0.15) is 16.9 Å². The maximum absolute atomic E-state index is 13.0. The number of carbonyl (C=O) groups is 2. The van der Waals surface area contributed by atoms with Crippen molar-refractivity contribution >= 4 is 17.6 Å². The lowest BCUT2D eigenvalue weighted by Crippen LogP contribution is -2.45. The number of H-pyrrole nitrogens is 1. The molecule has 0 saturated carbocycles. The quantitative estimate of drug-likeness (QED) is 0.847. The first-order valence-corrected chi connectivity index (χ1v) is 10.1. The molecule has 0 radical (unpaired) electrons. The molecule has 4 rings (SSSR count). The third kappa shape index (κ3) is 3.49. The first-order chi connectivity index (χ1) is 13.7. The van der Waals surface area contributed by atoms with E-state index in [1.807, 2.05) is 27.7 Å². The standard InChI is InChI=1S/C20H27N5O4/c1-5-12-9-15-21-16-14(17(26)25(15)22-12)11-23(18(16)27)10-13-7-6-8-24(13)19(28)29-20(2,3)4/h9,13,21H,5-8,10-11H2,1-4H3/t13-/m1/s1. The second-order valence-electron chi connectivity index (χ2n) is 8.73. The van der Waals surface area contributed by atoms with Crippen molar-refractivity contribution in [2.75, 3.05) is 13.1 Å². The van der Waals surface area contributed by atoms with Gasteiger partial charge in [-0.2, -0.15) is 9.61 Å². The largest absolute Gasteiger partial charge is 0.444 e. The lowest BCUT2D eigenvalue weighted by molar-refractivity contribution is 0.0193. The summed E-state index contributed by atoms with van der Waals surface area (Å²) in [5, 5.41) is 4.30. The van der Waals surface area contributed by atoms with Gasteiger partial charge >= 0.3 is 6.09 Å². The summed E-state index contributed by atoms with van der Waals surface area (Å²) in [6.45, 7) is 8.68. The number of aromatic nitrogens is 3. The van der Waals surface area contributed by atoms with E-state index in [2.05, 4.69) is 10.1 Å². The molecule has 0 bridgehead atoms. The molecule has 1 N–H and O–H groups in total. The first kappa shape index (κ1) is 19.5. The van der Waals surface area contributed by atoms with Crippen molar-refractivity contribution in [2.24, 2.45) is 0 Å². The van der Waals surface area contributed by atoms with Gasteiger partial charge in [0.25, 0.3) is 11.5 Å². The number of rotatable bonds is 3. The van der Waals surface area contributed by atoms with Crippen molar-refractivity contribution in [3.8, 4) is 0 Å². The summed E-state index contributed by atoms with van der Waals surface area (Å²) >= 11 is 0. The Labute approximate surface area is 168 Å². The molecule has 2 aromatic rings. The fraction of sp³-hybridized carbons (Fsp3) is 0.600. The fourth-order valence-electron chi connectivity index (χ4n) is 4.02. The molecule has 2 aromatic heterocycles. The highest BCUT2D eigenvalue weighted by molar-refractivity contribution is 5.96. The average Bonchev–Trinajstić information content (AvgIpc) is 3.33. The zero-order chi connectivity index (χ0) is 20.9. The van der Waals surface area contributed by atoms with Crippen LogP contribution in [0.3, 0.4) is 0 Å². The van der Waals surface area contributed by atoms with Crippen molar-refractivity contribution in [1.82, 2.24) is 24.4 Å². The second-order valence-corrected chi connectivity index (χ2v) is 8.73. The Morgan fingerprint density at radius 1 is 1.34 bits per heavy atom. The van der Waals surface area contributed by atoms with E-state index in [9.17, 15) is 14.4 Å².